The fraction of sp³-hybridized carbons (Fsp3) is 0.400. The molecule has 0 N–H and O–H groups in total. The Balaban J connectivity index is 1.82. The van der Waals surface area contributed by atoms with Crippen molar-refractivity contribution >= 4 is 31.6 Å². The summed E-state index contributed by atoms with van der Waals surface area (Å²) in [6, 6.07) is 10.9. The Hall–Kier alpha value is -1.97. The lowest BCUT2D eigenvalue weighted by Crippen LogP contribution is -2.48. The van der Waals surface area contributed by atoms with Crippen molar-refractivity contribution in [2.24, 2.45) is 0 Å². The van der Waals surface area contributed by atoms with Gasteiger partial charge in [-0.05, 0) is 41.1 Å². The van der Waals surface area contributed by atoms with E-state index in [0.29, 0.717) is 43.0 Å². The normalized spacial score (nSPS) is 15.2. The lowest BCUT2D eigenvalue weighted by molar-refractivity contribution is 0.336. The summed E-state index contributed by atoms with van der Waals surface area (Å²) in [4.78, 5) is 2.25. The molecule has 0 bridgehead atoms. The van der Waals surface area contributed by atoms with Crippen LogP contribution in [0.15, 0.2) is 45.8 Å². The van der Waals surface area contributed by atoms with Gasteiger partial charge in [-0.3, -0.25) is 0 Å². The van der Waals surface area contributed by atoms with E-state index in [1.165, 1.54) is 24.6 Å². The van der Waals surface area contributed by atoms with Crippen molar-refractivity contribution in [2.45, 2.75) is 11.8 Å². The van der Waals surface area contributed by atoms with Gasteiger partial charge in [0.25, 0.3) is 0 Å². The molecule has 0 amide bonds. The number of rotatable bonds is 7. The molecule has 2 aromatic carbocycles. The van der Waals surface area contributed by atoms with Crippen LogP contribution in [-0.2, 0) is 10.0 Å². The van der Waals surface area contributed by atoms with Gasteiger partial charge in [0.15, 0.2) is 0 Å². The van der Waals surface area contributed by atoms with Crippen molar-refractivity contribution in [3.05, 3.63) is 40.9 Å². The topological polar surface area (TPSA) is 68.3 Å². The summed E-state index contributed by atoms with van der Waals surface area (Å²) in [6.07, 6.45) is 0. The van der Waals surface area contributed by atoms with Gasteiger partial charge in [-0.15, -0.1) is 0 Å². The molecule has 1 saturated heterocycles. The first kappa shape index (κ1) is 21.7. The number of methoxy groups -OCH3 is 2. The van der Waals surface area contributed by atoms with Crippen LogP contribution in [0, 0.1) is 0 Å². The highest BCUT2D eigenvalue weighted by atomic mass is 79.9. The molecule has 2 aromatic rings. The second-order valence-electron chi connectivity index (χ2n) is 6.43. The molecule has 1 fully saturated rings. The first-order valence-electron chi connectivity index (χ1n) is 9.30. The van der Waals surface area contributed by atoms with E-state index in [0.717, 1.165) is 11.4 Å². The number of hydrogen-bond acceptors (Lipinski definition) is 6. The summed E-state index contributed by atoms with van der Waals surface area (Å²) >= 11 is 3.37. The van der Waals surface area contributed by atoms with Crippen LogP contribution in [0.5, 0.6) is 17.2 Å². The summed E-state index contributed by atoms with van der Waals surface area (Å²) < 4.78 is 45.0. The first-order valence-corrected chi connectivity index (χ1v) is 11.5. The molecule has 0 spiro atoms. The zero-order chi connectivity index (χ0) is 21.0. The van der Waals surface area contributed by atoms with E-state index in [-0.39, 0.29) is 10.6 Å². The Morgan fingerprint density at radius 2 is 1.62 bits per heavy atom. The van der Waals surface area contributed by atoms with Crippen LogP contribution in [0.25, 0.3) is 0 Å². The molecule has 0 unspecified atom stereocenters. The molecule has 1 aliphatic rings. The second kappa shape index (κ2) is 9.23. The number of piperazine rings is 1. The van der Waals surface area contributed by atoms with Crippen LogP contribution in [0.1, 0.15) is 6.92 Å². The zero-order valence-corrected chi connectivity index (χ0v) is 19.1. The van der Waals surface area contributed by atoms with Gasteiger partial charge in [-0.2, -0.15) is 4.31 Å². The van der Waals surface area contributed by atoms with Crippen LogP contribution >= 0.6 is 15.9 Å². The molecule has 0 aliphatic carbocycles. The molecule has 0 radical (unpaired) electrons. The summed E-state index contributed by atoms with van der Waals surface area (Å²) in [5, 5.41) is 0. The second-order valence-corrected chi connectivity index (χ2v) is 9.19. The minimum atomic E-state index is -3.73. The number of para-hydroxylation sites is 2. The fourth-order valence-electron chi connectivity index (χ4n) is 3.34. The number of nitrogens with zero attached hydrogens (tertiary/aromatic N) is 2. The average molecular weight is 485 g/mol. The number of ether oxygens (including phenoxy) is 3. The van der Waals surface area contributed by atoms with Crippen molar-refractivity contribution < 1.29 is 22.6 Å². The molecule has 0 atom stereocenters. The van der Waals surface area contributed by atoms with Crippen LogP contribution in [0.2, 0.25) is 0 Å². The number of sulfonamides is 1. The van der Waals surface area contributed by atoms with Crippen molar-refractivity contribution in [1.29, 1.82) is 0 Å². The lowest BCUT2D eigenvalue weighted by atomic mass is 10.2. The molecule has 158 valence electrons. The van der Waals surface area contributed by atoms with E-state index in [2.05, 4.69) is 20.8 Å². The average Bonchev–Trinajstić information content (AvgIpc) is 2.74. The number of anilines is 1. The Kier molecular flexibility index (Phi) is 6.92. The van der Waals surface area contributed by atoms with Crippen LogP contribution in [0.3, 0.4) is 0 Å². The Morgan fingerprint density at radius 3 is 2.24 bits per heavy atom. The van der Waals surface area contributed by atoms with Crippen molar-refractivity contribution in [3.8, 4) is 17.2 Å². The van der Waals surface area contributed by atoms with Crippen molar-refractivity contribution in [3.63, 3.8) is 0 Å². The first-order chi connectivity index (χ1) is 13.9. The van der Waals surface area contributed by atoms with Gasteiger partial charge in [0.2, 0.25) is 10.0 Å². The Morgan fingerprint density at radius 1 is 0.966 bits per heavy atom. The van der Waals surface area contributed by atoms with Crippen LogP contribution in [0.4, 0.5) is 5.69 Å². The van der Waals surface area contributed by atoms with Gasteiger partial charge in [0.1, 0.15) is 22.1 Å². The maximum Gasteiger partial charge on any atom is 0.247 e. The van der Waals surface area contributed by atoms with E-state index in [4.69, 9.17) is 14.2 Å². The molecule has 29 heavy (non-hydrogen) atoms. The predicted molar refractivity (Wildman–Crippen MR) is 116 cm³/mol. The highest BCUT2D eigenvalue weighted by Gasteiger charge is 2.32. The summed E-state index contributed by atoms with van der Waals surface area (Å²) in [5.74, 6) is 1.53. The lowest BCUT2D eigenvalue weighted by Gasteiger charge is -2.36. The third-order valence-corrected chi connectivity index (χ3v) is 7.34. The highest BCUT2D eigenvalue weighted by Crippen LogP contribution is 2.37. The van der Waals surface area contributed by atoms with Gasteiger partial charge in [0, 0.05) is 32.2 Å². The Bertz CT molecular complexity index is 959. The number of benzene rings is 2. The van der Waals surface area contributed by atoms with Gasteiger partial charge >= 0.3 is 0 Å². The summed E-state index contributed by atoms with van der Waals surface area (Å²) in [5.41, 5.74) is 0.981. The van der Waals surface area contributed by atoms with Crippen molar-refractivity contribution in [1.82, 2.24) is 4.31 Å². The predicted octanol–water partition coefficient (Wildman–Crippen LogP) is 3.38. The SMILES string of the molecule is CCOc1ccccc1N1CCN(S(=O)(=O)c2cc(OC)c(Br)cc2OC)CC1. The van der Waals surface area contributed by atoms with Gasteiger partial charge < -0.3 is 19.1 Å². The molecule has 3 rings (SSSR count). The summed E-state index contributed by atoms with van der Waals surface area (Å²) in [7, 11) is -0.779. The maximum atomic E-state index is 13.3. The van der Waals surface area contributed by atoms with Crippen LogP contribution in [-0.4, -0.2) is 59.7 Å². The monoisotopic (exact) mass is 484 g/mol. The third-order valence-electron chi connectivity index (χ3n) is 4.80. The summed E-state index contributed by atoms with van der Waals surface area (Å²) in [6.45, 7) is 4.39. The zero-order valence-electron chi connectivity index (χ0n) is 16.7. The van der Waals surface area contributed by atoms with Crippen molar-refractivity contribution in [2.75, 3.05) is 51.9 Å². The van der Waals surface area contributed by atoms with Gasteiger partial charge in [0.05, 0.1) is 31.0 Å². The van der Waals surface area contributed by atoms with E-state index in [1.54, 1.807) is 6.07 Å². The molecular weight excluding hydrogens is 460 g/mol. The molecular formula is C20H25BrN2O5S. The van der Waals surface area contributed by atoms with E-state index in [1.807, 2.05) is 31.2 Å². The fourth-order valence-corrected chi connectivity index (χ4v) is 5.40. The highest BCUT2D eigenvalue weighted by molar-refractivity contribution is 9.10. The third kappa shape index (κ3) is 4.46. The van der Waals surface area contributed by atoms with Gasteiger partial charge in [-0.25, -0.2) is 8.42 Å². The number of hydrogen-bond donors (Lipinski definition) is 0. The molecule has 0 saturated carbocycles. The molecule has 0 aromatic heterocycles. The molecule has 9 heteroatoms. The minimum absolute atomic E-state index is 0.100. The standard InChI is InChI=1S/C20H25BrN2O5S/c1-4-28-17-8-6-5-7-16(17)22-9-11-23(12-10-22)29(24,25)20-14-18(26-2)15(21)13-19(20)27-3/h5-8,13-14H,4,9-12H2,1-3H3. The van der Waals surface area contributed by atoms with E-state index in [9.17, 15) is 8.42 Å². The van der Waals surface area contributed by atoms with E-state index < -0.39 is 10.0 Å². The molecule has 1 aliphatic heterocycles. The molecule has 1 heterocycles. The largest absolute Gasteiger partial charge is 0.496 e. The Labute approximate surface area is 180 Å². The number of halogens is 1. The smallest absolute Gasteiger partial charge is 0.247 e. The minimum Gasteiger partial charge on any atom is -0.496 e. The quantitative estimate of drug-likeness (QED) is 0.599. The van der Waals surface area contributed by atoms with Crippen LogP contribution < -0.4 is 19.1 Å². The van der Waals surface area contributed by atoms with Gasteiger partial charge in [-0.1, -0.05) is 12.1 Å². The van der Waals surface area contributed by atoms with E-state index >= 15 is 0 Å². The maximum absolute atomic E-state index is 13.3. The molecule has 7 nitrogen and oxygen atoms in total.